The lowest BCUT2D eigenvalue weighted by atomic mass is 10.2. The Morgan fingerprint density at radius 3 is 3.12 bits per heavy atom. The first-order chi connectivity index (χ1) is 7.86. The molecule has 6 heteroatoms. The van der Waals surface area contributed by atoms with Crippen molar-refractivity contribution in [2.75, 3.05) is 7.11 Å². The van der Waals surface area contributed by atoms with Gasteiger partial charge in [-0.1, -0.05) is 23.5 Å². The fourth-order valence-corrected chi connectivity index (χ4v) is 2.25. The second-order valence-electron chi connectivity index (χ2n) is 3.20. The third-order valence-electron chi connectivity index (χ3n) is 2.20. The summed E-state index contributed by atoms with van der Waals surface area (Å²) in [6.45, 7) is 0. The van der Waals surface area contributed by atoms with E-state index in [2.05, 4.69) is 15.3 Å². The van der Waals surface area contributed by atoms with Gasteiger partial charge in [0.05, 0.1) is 7.11 Å². The van der Waals surface area contributed by atoms with E-state index in [1.165, 1.54) is 11.3 Å². The number of fused-ring (bicyclic) bond motifs is 1. The predicted octanol–water partition coefficient (Wildman–Crippen LogP) is 1.86. The monoisotopic (exact) mass is 232 g/mol. The van der Waals surface area contributed by atoms with Crippen molar-refractivity contribution in [3.05, 3.63) is 30.6 Å². The second-order valence-corrected chi connectivity index (χ2v) is 4.15. The summed E-state index contributed by atoms with van der Waals surface area (Å²) in [5, 5.41) is 13.0. The summed E-state index contributed by atoms with van der Waals surface area (Å²) in [4.78, 5) is 0.790. The Hall–Kier alpha value is -1.95. The van der Waals surface area contributed by atoms with E-state index in [-0.39, 0.29) is 0 Å². The summed E-state index contributed by atoms with van der Waals surface area (Å²) < 4.78 is 6.84. The molecule has 16 heavy (non-hydrogen) atoms. The zero-order chi connectivity index (χ0) is 11.0. The quantitative estimate of drug-likeness (QED) is 0.676. The van der Waals surface area contributed by atoms with Crippen LogP contribution in [0.1, 0.15) is 0 Å². The summed E-state index contributed by atoms with van der Waals surface area (Å²) in [7, 11) is 1.65. The first kappa shape index (κ1) is 9.29. The van der Waals surface area contributed by atoms with Crippen LogP contribution in [0.5, 0.6) is 5.75 Å². The maximum absolute atomic E-state index is 5.17. The van der Waals surface area contributed by atoms with Crippen LogP contribution in [0, 0.1) is 0 Å². The highest BCUT2D eigenvalue weighted by atomic mass is 32.1. The van der Waals surface area contributed by atoms with Gasteiger partial charge < -0.3 is 4.74 Å². The number of hydrogen-bond donors (Lipinski definition) is 0. The van der Waals surface area contributed by atoms with Gasteiger partial charge in [-0.3, -0.25) is 0 Å². The van der Waals surface area contributed by atoms with Crippen LogP contribution in [-0.2, 0) is 0 Å². The number of nitrogens with zero attached hydrogens (tertiary/aromatic N) is 4. The van der Waals surface area contributed by atoms with Crippen LogP contribution in [0.25, 0.3) is 15.5 Å². The third-order valence-corrected chi connectivity index (χ3v) is 3.17. The molecule has 0 radical (unpaired) electrons. The molecule has 0 atom stereocenters. The molecule has 0 unspecified atom stereocenters. The number of ether oxygens (including phenoxy) is 1. The van der Waals surface area contributed by atoms with Gasteiger partial charge in [-0.2, -0.15) is 9.61 Å². The standard InChI is InChI=1S/C10H8N4OS/c1-15-8-4-2-3-7(5-8)9-13-14-6-11-12-10(14)16-9/h2-6H,1H3. The summed E-state index contributed by atoms with van der Waals surface area (Å²) in [5.41, 5.74) is 1.02. The molecular formula is C10H8N4OS. The highest BCUT2D eigenvalue weighted by molar-refractivity contribution is 7.19. The molecule has 1 aromatic carbocycles. The Balaban J connectivity index is 2.11. The summed E-state index contributed by atoms with van der Waals surface area (Å²) in [6.07, 6.45) is 1.59. The minimum Gasteiger partial charge on any atom is -0.497 e. The molecule has 0 spiro atoms. The van der Waals surface area contributed by atoms with Gasteiger partial charge >= 0.3 is 0 Å². The lowest BCUT2D eigenvalue weighted by molar-refractivity contribution is 0.415. The molecule has 0 bridgehead atoms. The van der Waals surface area contributed by atoms with Crippen LogP contribution in [0.4, 0.5) is 0 Å². The van der Waals surface area contributed by atoms with Gasteiger partial charge in [0.1, 0.15) is 17.1 Å². The Labute approximate surface area is 95.3 Å². The summed E-state index contributed by atoms with van der Waals surface area (Å²) >= 11 is 1.50. The highest BCUT2D eigenvalue weighted by Crippen LogP contribution is 2.27. The zero-order valence-electron chi connectivity index (χ0n) is 8.49. The van der Waals surface area contributed by atoms with Crippen molar-refractivity contribution in [3.63, 3.8) is 0 Å². The highest BCUT2D eigenvalue weighted by Gasteiger charge is 2.07. The van der Waals surface area contributed by atoms with Crippen LogP contribution in [0.2, 0.25) is 0 Å². The topological polar surface area (TPSA) is 52.3 Å². The Kier molecular flexibility index (Phi) is 2.07. The molecule has 5 nitrogen and oxygen atoms in total. The van der Waals surface area contributed by atoms with Crippen LogP contribution >= 0.6 is 11.3 Å². The summed E-state index contributed by atoms with van der Waals surface area (Å²) in [6, 6.07) is 7.79. The minimum absolute atomic E-state index is 0.790. The van der Waals surface area contributed by atoms with Gasteiger partial charge in [0, 0.05) is 5.56 Å². The first-order valence-corrected chi connectivity index (χ1v) is 5.50. The van der Waals surface area contributed by atoms with E-state index < -0.39 is 0 Å². The maximum Gasteiger partial charge on any atom is 0.234 e. The average molecular weight is 232 g/mol. The largest absolute Gasteiger partial charge is 0.497 e. The molecular weight excluding hydrogens is 224 g/mol. The molecule has 0 aliphatic rings. The van der Waals surface area contributed by atoms with E-state index in [9.17, 15) is 0 Å². The van der Waals surface area contributed by atoms with Crippen molar-refractivity contribution < 1.29 is 4.74 Å². The van der Waals surface area contributed by atoms with E-state index in [4.69, 9.17) is 4.74 Å². The van der Waals surface area contributed by atoms with E-state index in [1.54, 1.807) is 18.0 Å². The van der Waals surface area contributed by atoms with Crippen LogP contribution in [0.15, 0.2) is 30.6 Å². The smallest absolute Gasteiger partial charge is 0.234 e. The number of rotatable bonds is 2. The predicted molar refractivity (Wildman–Crippen MR) is 60.6 cm³/mol. The second kappa shape index (κ2) is 3.57. The van der Waals surface area contributed by atoms with Gasteiger partial charge in [0.25, 0.3) is 0 Å². The Bertz CT molecular complexity index is 602. The maximum atomic E-state index is 5.17. The molecule has 3 aromatic rings. The molecule has 0 N–H and O–H groups in total. The third kappa shape index (κ3) is 1.43. The Morgan fingerprint density at radius 2 is 2.31 bits per heavy atom. The molecule has 0 aliphatic carbocycles. The van der Waals surface area contributed by atoms with Crippen molar-refractivity contribution in [2.45, 2.75) is 0 Å². The minimum atomic E-state index is 0.790. The zero-order valence-corrected chi connectivity index (χ0v) is 9.31. The van der Waals surface area contributed by atoms with Crippen molar-refractivity contribution in [3.8, 4) is 16.3 Å². The summed E-state index contributed by atoms with van der Waals surface area (Å²) in [5.74, 6) is 0.823. The SMILES string of the molecule is COc1cccc(-c2nn3cnnc3s2)c1. The van der Waals surface area contributed by atoms with Gasteiger partial charge in [-0.15, -0.1) is 10.2 Å². The van der Waals surface area contributed by atoms with E-state index >= 15 is 0 Å². The van der Waals surface area contributed by atoms with Crippen LogP contribution in [-0.4, -0.2) is 26.9 Å². The van der Waals surface area contributed by atoms with Crippen molar-refractivity contribution >= 4 is 16.3 Å². The van der Waals surface area contributed by atoms with Crippen LogP contribution in [0.3, 0.4) is 0 Å². The van der Waals surface area contributed by atoms with Crippen molar-refractivity contribution in [1.29, 1.82) is 0 Å². The van der Waals surface area contributed by atoms with Crippen molar-refractivity contribution in [2.24, 2.45) is 0 Å². The molecule has 0 aliphatic heterocycles. The fourth-order valence-electron chi connectivity index (χ4n) is 1.43. The normalized spacial score (nSPS) is 10.8. The molecule has 0 saturated heterocycles. The lowest BCUT2D eigenvalue weighted by Crippen LogP contribution is -1.85. The molecule has 2 aromatic heterocycles. The lowest BCUT2D eigenvalue weighted by Gasteiger charge is -2.00. The van der Waals surface area contributed by atoms with E-state index in [1.807, 2.05) is 24.3 Å². The first-order valence-electron chi connectivity index (χ1n) is 4.68. The van der Waals surface area contributed by atoms with Crippen LogP contribution < -0.4 is 4.74 Å². The number of hydrogen-bond acceptors (Lipinski definition) is 5. The van der Waals surface area contributed by atoms with Gasteiger partial charge in [-0.05, 0) is 12.1 Å². The number of benzene rings is 1. The molecule has 3 rings (SSSR count). The van der Waals surface area contributed by atoms with E-state index in [0.29, 0.717) is 0 Å². The molecule has 0 fully saturated rings. The van der Waals surface area contributed by atoms with Gasteiger partial charge in [-0.25, -0.2) is 0 Å². The van der Waals surface area contributed by atoms with Gasteiger partial charge in [0.15, 0.2) is 0 Å². The number of methoxy groups -OCH3 is 1. The van der Waals surface area contributed by atoms with E-state index in [0.717, 1.165) is 21.3 Å². The van der Waals surface area contributed by atoms with Crippen molar-refractivity contribution in [1.82, 2.24) is 19.8 Å². The molecule has 2 heterocycles. The molecule has 0 saturated carbocycles. The van der Waals surface area contributed by atoms with Gasteiger partial charge in [0.2, 0.25) is 4.96 Å². The molecule has 0 amide bonds. The fraction of sp³-hybridized carbons (Fsp3) is 0.100. The Morgan fingerprint density at radius 1 is 1.38 bits per heavy atom. The number of aromatic nitrogens is 4. The molecule has 80 valence electrons. The average Bonchev–Trinajstić information content (AvgIpc) is 2.89.